The number of benzene rings is 1. The zero-order valence-electron chi connectivity index (χ0n) is 15.5. The van der Waals surface area contributed by atoms with Crippen molar-refractivity contribution in [3.63, 3.8) is 0 Å². The van der Waals surface area contributed by atoms with Crippen molar-refractivity contribution in [1.29, 1.82) is 0 Å². The van der Waals surface area contributed by atoms with E-state index in [1.807, 2.05) is 31.2 Å². The van der Waals surface area contributed by atoms with E-state index in [0.717, 1.165) is 23.1 Å². The standard InChI is InChI=1S/C18H22ClN5OS/c1-6-24-14(12-7-9-13(19)10-8-12)21-22-17(24)26-11(2)15-20-16(23-25-15)18(3,4)5/h7-11H,6H2,1-5H3. The van der Waals surface area contributed by atoms with E-state index in [2.05, 4.69) is 52.6 Å². The highest BCUT2D eigenvalue weighted by Gasteiger charge is 2.25. The van der Waals surface area contributed by atoms with Gasteiger partial charge in [0.25, 0.3) is 0 Å². The van der Waals surface area contributed by atoms with Crippen LogP contribution >= 0.6 is 23.4 Å². The summed E-state index contributed by atoms with van der Waals surface area (Å²) in [5, 5.41) is 14.3. The van der Waals surface area contributed by atoms with Gasteiger partial charge in [0, 0.05) is 22.5 Å². The summed E-state index contributed by atoms with van der Waals surface area (Å²) in [5.41, 5.74) is 0.841. The van der Waals surface area contributed by atoms with E-state index in [1.54, 1.807) is 11.8 Å². The molecule has 0 spiro atoms. The molecule has 0 N–H and O–H groups in total. The molecule has 8 heteroatoms. The van der Waals surface area contributed by atoms with E-state index in [0.29, 0.717) is 16.7 Å². The van der Waals surface area contributed by atoms with Gasteiger partial charge in [0.1, 0.15) is 0 Å². The predicted molar refractivity (Wildman–Crippen MR) is 103 cm³/mol. The number of thioether (sulfide) groups is 1. The minimum Gasteiger partial charge on any atom is -0.338 e. The van der Waals surface area contributed by atoms with Crippen LogP contribution in [0.5, 0.6) is 0 Å². The van der Waals surface area contributed by atoms with E-state index in [4.69, 9.17) is 16.1 Å². The quantitative estimate of drug-likeness (QED) is 0.560. The molecule has 0 aliphatic rings. The molecular formula is C18H22ClN5OS. The van der Waals surface area contributed by atoms with E-state index in [-0.39, 0.29) is 10.7 Å². The van der Waals surface area contributed by atoms with Gasteiger partial charge in [-0.3, -0.25) is 0 Å². The molecule has 26 heavy (non-hydrogen) atoms. The highest BCUT2D eigenvalue weighted by Crippen LogP contribution is 2.35. The molecule has 138 valence electrons. The normalized spacial score (nSPS) is 13.2. The number of halogens is 1. The van der Waals surface area contributed by atoms with Gasteiger partial charge < -0.3 is 9.09 Å². The van der Waals surface area contributed by atoms with Crippen molar-refractivity contribution in [3.05, 3.63) is 41.0 Å². The molecule has 1 unspecified atom stereocenters. The lowest BCUT2D eigenvalue weighted by atomic mass is 9.96. The van der Waals surface area contributed by atoms with Crippen LogP contribution in [-0.2, 0) is 12.0 Å². The van der Waals surface area contributed by atoms with Crippen molar-refractivity contribution in [2.75, 3.05) is 0 Å². The van der Waals surface area contributed by atoms with E-state index < -0.39 is 0 Å². The van der Waals surface area contributed by atoms with Crippen LogP contribution < -0.4 is 0 Å². The lowest BCUT2D eigenvalue weighted by Crippen LogP contribution is -2.13. The van der Waals surface area contributed by atoms with Crippen LogP contribution in [0, 0.1) is 0 Å². The predicted octanol–water partition coefficient (Wildman–Crippen LogP) is 5.15. The molecule has 2 aromatic heterocycles. The molecular weight excluding hydrogens is 370 g/mol. The molecule has 1 atom stereocenters. The maximum absolute atomic E-state index is 5.98. The van der Waals surface area contributed by atoms with Gasteiger partial charge in [0.15, 0.2) is 16.8 Å². The Hall–Kier alpha value is -1.86. The number of rotatable bonds is 5. The largest absolute Gasteiger partial charge is 0.338 e. The Labute approximate surface area is 162 Å². The molecule has 0 bridgehead atoms. The third kappa shape index (κ3) is 3.94. The Morgan fingerprint density at radius 1 is 1.19 bits per heavy atom. The lowest BCUT2D eigenvalue weighted by molar-refractivity contribution is 0.364. The highest BCUT2D eigenvalue weighted by molar-refractivity contribution is 7.99. The molecule has 3 aromatic rings. The fourth-order valence-corrected chi connectivity index (χ4v) is 3.46. The Balaban J connectivity index is 1.84. The molecule has 0 radical (unpaired) electrons. The smallest absolute Gasteiger partial charge is 0.239 e. The Morgan fingerprint density at radius 3 is 2.46 bits per heavy atom. The molecule has 0 fully saturated rings. The summed E-state index contributed by atoms with van der Waals surface area (Å²) in [7, 11) is 0. The Morgan fingerprint density at radius 2 is 1.88 bits per heavy atom. The summed E-state index contributed by atoms with van der Waals surface area (Å²) >= 11 is 7.54. The summed E-state index contributed by atoms with van der Waals surface area (Å²) in [6.07, 6.45) is 0. The first kappa shape index (κ1) is 18.9. The van der Waals surface area contributed by atoms with Crippen molar-refractivity contribution >= 4 is 23.4 Å². The summed E-state index contributed by atoms with van der Waals surface area (Å²) in [5.74, 6) is 2.12. The van der Waals surface area contributed by atoms with Gasteiger partial charge in [-0.2, -0.15) is 4.98 Å². The first-order valence-corrected chi connectivity index (χ1v) is 9.75. The zero-order valence-corrected chi connectivity index (χ0v) is 17.1. The minimum atomic E-state index is -0.142. The maximum atomic E-state index is 5.98. The van der Waals surface area contributed by atoms with Crippen LogP contribution in [0.3, 0.4) is 0 Å². The Bertz CT molecular complexity index is 882. The second-order valence-electron chi connectivity index (χ2n) is 7.02. The molecule has 0 saturated heterocycles. The third-order valence-corrected chi connectivity index (χ3v) is 5.20. The Kier molecular flexibility index (Phi) is 5.39. The molecule has 6 nitrogen and oxygen atoms in total. The first-order valence-electron chi connectivity index (χ1n) is 8.49. The van der Waals surface area contributed by atoms with E-state index in [1.165, 1.54) is 0 Å². The number of nitrogens with zero attached hydrogens (tertiary/aromatic N) is 5. The summed E-state index contributed by atoms with van der Waals surface area (Å²) in [6.45, 7) is 11.0. The molecule has 0 amide bonds. The molecule has 1 aromatic carbocycles. The second kappa shape index (κ2) is 7.40. The van der Waals surface area contributed by atoms with Crippen molar-refractivity contribution in [3.8, 4) is 11.4 Å². The van der Waals surface area contributed by atoms with Crippen LogP contribution in [0.1, 0.15) is 51.6 Å². The maximum Gasteiger partial charge on any atom is 0.239 e. The highest BCUT2D eigenvalue weighted by atomic mass is 35.5. The molecule has 2 heterocycles. The summed E-state index contributed by atoms with van der Waals surface area (Å²) in [4.78, 5) is 4.54. The van der Waals surface area contributed by atoms with Gasteiger partial charge in [-0.05, 0) is 38.1 Å². The fourth-order valence-electron chi connectivity index (χ4n) is 2.39. The van der Waals surface area contributed by atoms with Gasteiger partial charge in [0.2, 0.25) is 5.89 Å². The number of hydrogen-bond donors (Lipinski definition) is 0. The molecule has 3 rings (SSSR count). The SMILES string of the molecule is CCn1c(SC(C)c2nc(C(C)(C)C)no2)nnc1-c1ccc(Cl)cc1. The summed E-state index contributed by atoms with van der Waals surface area (Å²) < 4.78 is 7.52. The number of hydrogen-bond acceptors (Lipinski definition) is 6. The van der Waals surface area contributed by atoms with Gasteiger partial charge in [-0.25, -0.2) is 0 Å². The van der Waals surface area contributed by atoms with E-state index in [9.17, 15) is 0 Å². The minimum absolute atomic E-state index is 0.0221. The van der Waals surface area contributed by atoms with Gasteiger partial charge >= 0.3 is 0 Å². The van der Waals surface area contributed by atoms with E-state index >= 15 is 0 Å². The molecule has 0 aliphatic carbocycles. The van der Waals surface area contributed by atoms with Crippen molar-refractivity contribution in [1.82, 2.24) is 24.9 Å². The fraction of sp³-hybridized carbons (Fsp3) is 0.444. The van der Waals surface area contributed by atoms with Crippen LogP contribution in [0.25, 0.3) is 11.4 Å². The van der Waals surface area contributed by atoms with Gasteiger partial charge in [-0.1, -0.05) is 49.3 Å². The van der Waals surface area contributed by atoms with Crippen molar-refractivity contribution < 1.29 is 4.52 Å². The first-order chi connectivity index (χ1) is 12.3. The average Bonchev–Trinajstić information content (AvgIpc) is 3.22. The monoisotopic (exact) mass is 391 g/mol. The van der Waals surface area contributed by atoms with Crippen LogP contribution in [0.2, 0.25) is 5.02 Å². The van der Waals surface area contributed by atoms with Crippen LogP contribution in [-0.4, -0.2) is 24.9 Å². The topological polar surface area (TPSA) is 69.6 Å². The summed E-state index contributed by atoms with van der Waals surface area (Å²) in [6, 6.07) is 7.61. The molecule has 0 aliphatic heterocycles. The zero-order chi connectivity index (χ0) is 18.9. The average molecular weight is 392 g/mol. The van der Waals surface area contributed by atoms with Crippen molar-refractivity contribution in [2.45, 2.75) is 57.0 Å². The van der Waals surface area contributed by atoms with Gasteiger partial charge in [-0.15, -0.1) is 10.2 Å². The van der Waals surface area contributed by atoms with Gasteiger partial charge in [0.05, 0.1) is 5.25 Å². The second-order valence-corrected chi connectivity index (χ2v) is 8.77. The number of aromatic nitrogens is 5. The third-order valence-electron chi connectivity index (χ3n) is 3.88. The van der Waals surface area contributed by atoms with Crippen LogP contribution in [0.15, 0.2) is 33.9 Å². The lowest BCUT2D eigenvalue weighted by Gasteiger charge is -2.11. The van der Waals surface area contributed by atoms with Crippen LogP contribution in [0.4, 0.5) is 0 Å². The van der Waals surface area contributed by atoms with Crippen molar-refractivity contribution in [2.24, 2.45) is 0 Å². The molecule has 0 saturated carbocycles.